The second-order valence-corrected chi connectivity index (χ2v) is 7.64. The molecule has 0 aliphatic heterocycles. The van der Waals surface area contributed by atoms with E-state index < -0.39 is 21.7 Å². The molecule has 0 unspecified atom stereocenters. The van der Waals surface area contributed by atoms with Gasteiger partial charge in [0.15, 0.2) is 0 Å². The summed E-state index contributed by atoms with van der Waals surface area (Å²) in [4.78, 5) is 11.8. The third-order valence-corrected chi connectivity index (χ3v) is 5.35. The zero-order valence-electron chi connectivity index (χ0n) is 13.8. The van der Waals surface area contributed by atoms with Crippen molar-refractivity contribution in [1.82, 2.24) is 0 Å². The monoisotopic (exact) mass is 404 g/mol. The zero-order chi connectivity index (χ0) is 19.4. The molecule has 3 aromatic carbocycles. The number of hydrogen-bond acceptors (Lipinski definition) is 3. The van der Waals surface area contributed by atoms with Crippen LogP contribution in [0.3, 0.4) is 0 Å². The predicted octanol–water partition coefficient (Wildman–Crippen LogP) is 4.53. The van der Waals surface area contributed by atoms with Crippen LogP contribution in [-0.2, 0) is 10.0 Å². The minimum atomic E-state index is -4.04. The lowest BCUT2D eigenvalue weighted by Crippen LogP contribution is -2.15. The SMILES string of the molecule is O=C(Nc1ccc(S(=O)(=O)Nc2ccccc2Cl)cc1F)c1ccccc1. The van der Waals surface area contributed by atoms with Crippen LogP contribution in [-0.4, -0.2) is 14.3 Å². The van der Waals surface area contributed by atoms with Crippen LogP contribution in [0.5, 0.6) is 0 Å². The second kappa shape index (κ2) is 7.77. The van der Waals surface area contributed by atoms with Gasteiger partial charge in [0.2, 0.25) is 0 Å². The summed E-state index contributed by atoms with van der Waals surface area (Å²) in [6.45, 7) is 0. The van der Waals surface area contributed by atoms with Crippen molar-refractivity contribution in [3.63, 3.8) is 0 Å². The molecule has 0 atom stereocenters. The molecule has 0 saturated carbocycles. The number of carbonyl (C=O) groups excluding carboxylic acids is 1. The molecule has 138 valence electrons. The van der Waals surface area contributed by atoms with Gasteiger partial charge < -0.3 is 5.32 Å². The number of rotatable bonds is 5. The van der Waals surface area contributed by atoms with Crippen molar-refractivity contribution < 1.29 is 17.6 Å². The van der Waals surface area contributed by atoms with Gasteiger partial charge >= 0.3 is 0 Å². The van der Waals surface area contributed by atoms with Crippen LogP contribution in [0.15, 0.2) is 77.7 Å². The van der Waals surface area contributed by atoms with Crippen molar-refractivity contribution >= 4 is 38.9 Å². The predicted molar refractivity (Wildman–Crippen MR) is 103 cm³/mol. The molecule has 5 nitrogen and oxygen atoms in total. The van der Waals surface area contributed by atoms with Gasteiger partial charge in [0, 0.05) is 5.56 Å². The summed E-state index contributed by atoms with van der Waals surface area (Å²) in [5.74, 6) is -1.37. The highest BCUT2D eigenvalue weighted by molar-refractivity contribution is 7.92. The lowest BCUT2D eigenvalue weighted by molar-refractivity contribution is 0.102. The Bertz CT molecular complexity index is 1090. The van der Waals surface area contributed by atoms with Crippen LogP contribution in [0, 0.1) is 5.82 Å². The maximum atomic E-state index is 14.3. The number of sulfonamides is 1. The van der Waals surface area contributed by atoms with E-state index in [0.29, 0.717) is 5.56 Å². The first kappa shape index (κ1) is 18.9. The summed E-state index contributed by atoms with van der Waals surface area (Å²) in [6.07, 6.45) is 0. The fourth-order valence-corrected chi connectivity index (χ4v) is 3.63. The standard InChI is InChI=1S/C19H14ClFN2O3S/c20-15-8-4-5-9-17(15)23-27(25,26)14-10-11-18(16(21)12-14)22-19(24)13-6-2-1-3-7-13/h1-12,23H,(H,22,24). The average molecular weight is 405 g/mol. The van der Waals surface area contributed by atoms with Crippen molar-refractivity contribution in [1.29, 1.82) is 0 Å². The average Bonchev–Trinajstić information content (AvgIpc) is 2.65. The van der Waals surface area contributed by atoms with Crippen molar-refractivity contribution in [2.24, 2.45) is 0 Å². The molecule has 0 spiro atoms. The smallest absolute Gasteiger partial charge is 0.262 e. The molecular formula is C19H14ClFN2O3S. The number of benzene rings is 3. The van der Waals surface area contributed by atoms with Gasteiger partial charge in [-0.25, -0.2) is 12.8 Å². The molecular weight excluding hydrogens is 391 g/mol. The van der Waals surface area contributed by atoms with E-state index in [1.165, 1.54) is 24.3 Å². The Balaban J connectivity index is 1.82. The maximum Gasteiger partial charge on any atom is 0.262 e. The van der Waals surface area contributed by atoms with Gasteiger partial charge in [0.1, 0.15) is 5.82 Å². The molecule has 8 heteroatoms. The number of halogens is 2. The van der Waals surface area contributed by atoms with E-state index in [0.717, 1.165) is 6.07 Å². The summed E-state index contributed by atoms with van der Waals surface area (Å²) in [5, 5.41) is 2.63. The summed E-state index contributed by atoms with van der Waals surface area (Å²) in [6, 6.07) is 17.8. The highest BCUT2D eigenvalue weighted by atomic mass is 35.5. The normalized spacial score (nSPS) is 11.0. The first-order valence-electron chi connectivity index (χ1n) is 7.80. The highest BCUT2D eigenvalue weighted by Gasteiger charge is 2.18. The third kappa shape index (κ3) is 4.45. The Hall–Kier alpha value is -2.90. The number of para-hydroxylation sites is 1. The topological polar surface area (TPSA) is 75.3 Å². The second-order valence-electron chi connectivity index (χ2n) is 5.55. The number of amides is 1. The molecule has 3 aromatic rings. The molecule has 0 radical (unpaired) electrons. The number of hydrogen-bond donors (Lipinski definition) is 2. The molecule has 0 aliphatic rings. The Kier molecular flexibility index (Phi) is 5.43. The van der Waals surface area contributed by atoms with Gasteiger partial charge in [-0.15, -0.1) is 0 Å². The fraction of sp³-hybridized carbons (Fsp3) is 0. The molecule has 0 heterocycles. The van der Waals surface area contributed by atoms with E-state index in [1.54, 1.807) is 42.5 Å². The first-order valence-corrected chi connectivity index (χ1v) is 9.66. The Morgan fingerprint density at radius 1 is 0.889 bits per heavy atom. The first-order chi connectivity index (χ1) is 12.9. The van der Waals surface area contributed by atoms with E-state index in [1.807, 2.05) is 0 Å². The van der Waals surface area contributed by atoms with Crippen molar-refractivity contribution in [3.8, 4) is 0 Å². The van der Waals surface area contributed by atoms with E-state index in [4.69, 9.17) is 11.6 Å². The Morgan fingerprint density at radius 2 is 1.56 bits per heavy atom. The third-order valence-electron chi connectivity index (χ3n) is 3.65. The molecule has 2 N–H and O–H groups in total. The molecule has 0 bridgehead atoms. The van der Waals surface area contributed by atoms with E-state index >= 15 is 0 Å². The Labute approximate surface area is 160 Å². The summed E-state index contributed by atoms with van der Waals surface area (Å²) < 4.78 is 41.5. The van der Waals surface area contributed by atoms with Crippen LogP contribution >= 0.6 is 11.6 Å². The van der Waals surface area contributed by atoms with Crippen LogP contribution in [0.1, 0.15) is 10.4 Å². The minimum absolute atomic E-state index is 0.124. The van der Waals surface area contributed by atoms with E-state index in [2.05, 4.69) is 10.0 Å². The summed E-state index contributed by atoms with van der Waals surface area (Å²) in [5.41, 5.74) is 0.413. The lowest BCUT2D eigenvalue weighted by Gasteiger charge is -2.11. The van der Waals surface area contributed by atoms with Crippen molar-refractivity contribution in [3.05, 3.63) is 89.2 Å². The molecule has 0 saturated heterocycles. The number of anilines is 2. The highest BCUT2D eigenvalue weighted by Crippen LogP contribution is 2.25. The van der Waals surface area contributed by atoms with Crippen molar-refractivity contribution in [2.75, 3.05) is 10.0 Å². The zero-order valence-corrected chi connectivity index (χ0v) is 15.4. The fourth-order valence-electron chi connectivity index (χ4n) is 2.30. The maximum absolute atomic E-state index is 14.3. The Morgan fingerprint density at radius 3 is 2.22 bits per heavy atom. The number of carbonyl (C=O) groups is 1. The van der Waals surface area contributed by atoms with Crippen LogP contribution in [0.2, 0.25) is 5.02 Å². The van der Waals surface area contributed by atoms with Crippen LogP contribution in [0.25, 0.3) is 0 Å². The van der Waals surface area contributed by atoms with Gasteiger partial charge in [0.05, 0.1) is 21.3 Å². The lowest BCUT2D eigenvalue weighted by atomic mass is 10.2. The van der Waals surface area contributed by atoms with Gasteiger partial charge in [-0.05, 0) is 42.5 Å². The summed E-state index contributed by atoms with van der Waals surface area (Å²) >= 11 is 5.94. The molecule has 0 aliphatic carbocycles. The summed E-state index contributed by atoms with van der Waals surface area (Å²) in [7, 11) is -4.04. The molecule has 3 rings (SSSR count). The number of nitrogens with one attached hydrogen (secondary N) is 2. The van der Waals surface area contributed by atoms with Crippen molar-refractivity contribution in [2.45, 2.75) is 4.90 Å². The van der Waals surface area contributed by atoms with E-state index in [9.17, 15) is 17.6 Å². The molecule has 27 heavy (non-hydrogen) atoms. The van der Waals surface area contributed by atoms with Gasteiger partial charge in [-0.3, -0.25) is 9.52 Å². The van der Waals surface area contributed by atoms with Crippen LogP contribution < -0.4 is 10.0 Å². The minimum Gasteiger partial charge on any atom is -0.319 e. The largest absolute Gasteiger partial charge is 0.319 e. The van der Waals surface area contributed by atoms with Gasteiger partial charge in [-0.2, -0.15) is 0 Å². The quantitative estimate of drug-likeness (QED) is 0.655. The molecule has 0 fully saturated rings. The van der Waals surface area contributed by atoms with Gasteiger partial charge in [0.25, 0.3) is 15.9 Å². The van der Waals surface area contributed by atoms with E-state index in [-0.39, 0.29) is 21.3 Å². The molecule has 1 amide bonds. The van der Waals surface area contributed by atoms with Gasteiger partial charge in [-0.1, -0.05) is 41.9 Å². The molecule has 0 aromatic heterocycles. The van der Waals surface area contributed by atoms with Crippen LogP contribution in [0.4, 0.5) is 15.8 Å².